The molecule has 1 amide bonds. The van der Waals surface area contributed by atoms with Crippen LogP contribution >= 0.6 is 11.3 Å². The van der Waals surface area contributed by atoms with Crippen LogP contribution in [-0.2, 0) is 6.54 Å². The van der Waals surface area contributed by atoms with Crippen LogP contribution in [0.3, 0.4) is 0 Å². The number of aromatic nitrogens is 3. The molecule has 0 atom stereocenters. The van der Waals surface area contributed by atoms with Crippen LogP contribution in [0.2, 0.25) is 0 Å². The first-order valence-electron chi connectivity index (χ1n) is 11.6. The Morgan fingerprint density at radius 1 is 1.06 bits per heavy atom. The molecule has 0 aliphatic carbocycles. The third-order valence-electron chi connectivity index (χ3n) is 5.89. The first-order valence-corrected chi connectivity index (χ1v) is 12.5. The largest absolute Gasteiger partial charge is 0.494 e. The molecule has 2 aromatic heterocycles. The van der Waals surface area contributed by atoms with E-state index in [-0.39, 0.29) is 17.5 Å². The Morgan fingerprint density at radius 3 is 2.54 bits per heavy atom. The molecule has 0 saturated carbocycles. The van der Waals surface area contributed by atoms with Gasteiger partial charge < -0.3 is 9.64 Å². The maximum atomic E-state index is 13.9. The molecule has 9 heteroatoms. The third-order valence-corrected chi connectivity index (χ3v) is 6.76. The molecule has 3 heterocycles. The zero-order chi connectivity index (χ0) is 24.2. The molecule has 1 fully saturated rings. The molecular weight excluding hydrogens is 465 g/mol. The lowest BCUT2D eigenvalue weighted by molar-refractivity contribution is 0.0616. The molecule has 0 N–H and O–H groups in total. The number of ether oxygens (including phenoxy) is 1. The van der Waals surface area contributed by atoms with E-state index < -0.39 is 0 Å². The van der Waals surface area contributed by atoms with Crippen molar-refractivity contribution in [1.29, 1.82) is 0 Å². The number of hydrogen-bond donors (Lipinski definition) is 0. The van der Waals surface area contributed by atoms with E-state index in [0.29, 0.717) is 31.2 Å². The van der Waals surface area contributed by atoms with Gasteiger partial charge in [0.2, 0.25) is 5.82 Å². The molecule has 0 radical (unpaired) electrons. The van der Waals surface area contributed by atoms with E-state index in [2.05, 4.69) is 27.1 Å². The average molecular weight is 492 g/mol. The smallest absolute Gasteiger partial charge is 0.293 e. The summed E-state index contributed by atoms with van der Waals surface area (Å²) in [5.74, 6) is 0.949. The van der Waals surface area contributed by atoms with Crippen molar-refractivity contribution in [3.8, 4) is 22.1 Å². The van der Waals surface area contributed by atoms with Gasteiger partial charge in [-0.25, -0.2) is 14.1 Å². The fraction of sp³-hybridized carbons (Fsp3) is 0.269. The van der Waals surface area contributed by atoms with E-state index in [1.165, 1.54) is 29.0 Å². The summed E-state index contributed by atoms with van der Waals surface area (Å²) in [4.78, 5) is 22.8. The molecule has 0 bridgehead atoms. The molecular formula is C26H26FN5O2S. The Morgan fingerprint density at radius 2 is 1.86 bits per heavy atom. The number of piperazine rings is 1. The van der Waals surface area contributed by atoms with Crippen LogP contribution in [0, 0.1) is 5.82 Å². The Kier molecular flexibility index (Phi) is 6.87. The summed E-state index contributed by atoms with van der Waals surface area (Å²) in [6, 6.07) is 18.1. The number of carbonyl (C=O) groups is 1. The summed E-state index contributed by atoms with van der Waals surface area (Å²) in [5.41, 5.74) is 1.74. The summed E-state index contributed by atoms with van der Waals surface area (Å²) in [7, 11) is 0. The summed E-state index contributed by atoms with van der Waals surface area (Å²) in [5, 5.41) is 6.43. The summed E-state index contributed by atoms with van der Waals surface area (Å²) in [6.45, 7) is 6.17. The van der Waals surface area contributed by atoms with Gasteiger partial charge in [0.1, 0.15) is 11.6 Å². The molecule has 4 aromatic rings. The van der Waals surface area contributed by atoms with Crippen LogP contribution in [0.15, 0.2) is 66.0 Å². The van der Waals surface area contributed by atoms with Crippen LogP contribution in [0.25, 0.3) is 16.4 Å². The van der Waals surface area contributed by atoms with Crippen molar-refractivity contribution < 1.29 is 13.9 Å². The number of hydrogen-bond acceptors (Lipinski definition) is 6. The van der Waals surface area contributed by atoms with Crippen LogP contribution < -0.4 is 4.74 Å². The van der Waals surface area contributed by atoms with Crippen LogP contribution in [0.1, 0.15) is 23.1 Å². The van der Waals surface area contributed by atoms with Gasteiger partial charge >= 0.3 is 0 Å². The minimum absolute atomic E-state index is 0.123. The first kappa shape index (κ1) is 23.2. The first-order chi connectivity index (χ1) is 17.1. The van der Waals surface area contributed by atoms with Crippen LogP contribution in [-0.4, -0.2) is 63.3 Å². The van der Waals surface area contributed by atoms with Crippen molar-refractivity contribution in [2.75, 3.05) is 32.8 Å². The Hall–Kier alpha value is -3.56. The number of thiophene rings is 1. The maximum absolute atomic E-state index is 13.9. The summed E-state index contributed by atoms with van der Waals surface area (Å²) >= 11 is 1.50. The second-order valence-corrected chi connectivity index (χ2v) is 9.22. The van der Waals surface area contributed by atoms with E-state index in [0.717, 1.165) is 30.3 Å². The summed E-state index contributed by atoms with van der Waals surface area (Å²) in [6.07, 6.45) is 0. The second-order valence-electron chi connectivity index (χ2n) is 8.27. The van der Waals surface area contributed by atoms with Crippen molar-refractivity contribution in [2.24, 2.45) is 0 Å². The zero-order valence-corrected chi connectivity index (χ0v) is 20.2. The quantitative estimate of drug-likeness (QED) is 0.381. The molecule has 0 spiro atoms. The lowest BCUT2D eigenvalue weighted by atomic mass is 10.2. The number of benzene rings is 2. The van der Waals surface area contributed by atoms with Crippen molar-refractivity contribution in [1.82, 2.24) is 24.6 Å². The van der Waals surface area contributed by atoms with Gasteiger partial charge in [-0.15, -0.1) is 16.4 Å². The average Bonchev–Trinajstić information content (AvgIpc) is 3.56. The summed E-state index contributed by atoms with van der Waals surface area (Å²) < 4.78 is 20.9. The molecule has 7 nitrogen and oxygen atoms in total. The normalized spacial score (nSPS) is 14.3. The van der Waals surface area contributed by atoms with E-state index in [9.17, 15) is 9.18 Å². The molecule has 1 aliphatic rings. The lowest BCUT2D eigenvalue weighted by Crippen LogP contribution is -2.48. The Bertz CT molecular complexity index is 1280. The van der Waals surface area contributed by atoms with Gasteiger partial charge in [0, 0.05) is 32.7 Å². The molecule has 1 saturated heterocycles. The predicted octanol–water partition coefficient (Wildman–Crippen LogP) is 4.49. The number of rotatable bonds is 7. The van der Waals surface area contributed by atoms with Crippen LogP contribution in [0.5, 0.6) is 5.75 Å². The van der Waals surface area contributed by atoms with Crippen LogP contribution in [0.4, 0.5) is 4.39 Å². The molecule has 35 heavy (non-hydrogen) atoms. The SMILES string of the molecule is CCOc1ccc(CN2CCN(C(=O)c3nc(-c4cccs4)n(-c4cccc(F)c4)n3)CC2)cc1. The van der Waals surface area contributed by atoms with Gasteiger partial charge in [-0.1, -0.05) is 24.3 Å². The highest BCUT2D eigenvalue weighted by Gasteiger charge is 2.27. The Balaban J connectivity index is 1.28. The molecule has 0 unspecified atom stereocenters. The van der Waals surface area contributed by atoms with E-state index >= 15 is 0 Å². The highest BCUT2D eigenvalue weighted by Crippen LogP contribution is 2.26. The third kappa shape index (κ3) is 5.26. The van der Waals surface area contributed by atoms with Crippen molar-refractivity contribution >= 4 is 17.2 Å². The maximum Gasteiger partial charge on any atom is 0.293 e. The zero-order valence-electron chi connectivity index (χ0n) is 19.4. The Labute approximate surface area is 207 Å². The van der Waals surface area contributed by atoms with Gasteiger partial charge in [-0.05, 0) is 54.3 Å². The number of carbonyl (C=O) groups excluding carboxylic acids is 1. The van der Waals surface area contributed by atoms with Crippen molar-refractivity contribution in [3.63, 3.8) is 0 Å². The second kappa shape index (κ2) is 10.4. The predicted molar refractivity (Wildman–Crippen MR) is 133 cm³/mol. The van der Waals surface area contributed by atoms with Gasteiger partial charge in [0.05, 0.1) is 17.2 Å². The van der Waals surface area contributed by atoms with E-state index in [1.807, 2.05) is 36.6 Å². The molecule has 2 aromatic carbocycles. The van der Waals surface area contributed by atoms with Gasteiger partial charge in [-0.3, -0.25) is 9.69 Å². The number of nitrogens with zero attached hydrogens (tertiary/aromatic N) is 5. The topological polar surface area (TPSA) is 63.5 Å². The fourth-order valence-corrected chi connectivity index (χ4v) is 4.82. The number of amides is 1. The van der Waals surface area contributed by atoms with E-state index in [4.69, 9.17) is 4.74 Å². The van der Waals surface area contributed by atoms with Gasteiger partial charge in [0.15, 0.2) is 5.82 Å². The minimum Gasteiger partial charge on any atom is -0.494 e. The monoisotopic (exact) mass is 491 g/mol. The highest BCUT2D eigenvalue weighted by atomic mass is 32.1. The lowest BCUT2D eigenvalue weighted by Gasteiger charge is -2.34. The molecule has 1 aliphatic heterocycles. The molecule has 5 rings (SSSR count). The minimum atomic E-state index is -0.369. The van der Waals surface area contributed by atoms with Crippen molar-refractivity contribution in [2.45, 2.75) is 13.5 Å². The number of halogens is 1. The van der Waals surface area contributed by atoms with Gasteiger partial charge in [0.25, 0.3) is 5.91 Å². The fourth-order valence-electron chi connectivity index (χ4n) is 4.12. The van der Waals surface area contributed by atoms with E-state index in [1.54, 1.807) is 21.7 Å². The van der Waals surface area contributed by atoms with Gasteiger partial charge in [-0.2, -0.15) is 0 Å². The molecule has 180 valence electrons. The highest BCUT2D eigenvalue weighted by molar-refractivity contribution is 7.13. The standard InChI is InChI=1S/C26H26FN5O2S/c1-2-34-22-10-8-19(9-11-22)18-30-12-14-31(15-13-30)26(33)24-28-25(23-7-4-16-35-23)32(29-24)21-6-3-5-20(27)17-21/h3-11,16-17H,2,12-15,18H2,1H3. The van der Waals surface area contributed by atoms with Crippen molar-refractivity contribution in [3.05, 3.63) is 83.2 Å².